The highest BCUT2D eigenvalue weighted by atomic mass is 32.2. The van der Waals surface area contributed by atoms with E-state index in [2.05, 4.69) is 32.3 Å². The highest BCUT2D eigenvalue weighted by Crippen LogP contribution is 2.39. The van der Waals surface area contributed by atoms with E-state index in [-0.39, 0.29) is 11.0 Å². The van der Waals surface area contributed by atoms with Crippen LogP contribution < -0.4 is 5.43 Å². The molecule has 2 aromatic heterocycles. The minimum absolute atomic E-state index is 0.130. The molecule has 0 aromatic carbocycles. The van der Waals surface area contributed by atoms with Crippen molar-refractivity contribution in [1.82, 2.24) is 9.55 Å². The van der Waals surface area contributed by atoms with Crippen LogP contribution in [0, 0.1) is 0 Å². The Morgan fingerprint density at radius 2 is 2.00 bits per heavy atom. The van der Waals surface area contributed by atoms with Crippen molar-refractivity contribution in [3.8, 4) is 0 Å². The van der Waals surface area contributed by atoms with E-state index in [1.54, 1.807) is 23.1 Å². The molecular formula is C20H28N2O2S2. The molecule has 0 spiro atoms. The minimum atomic E-state index is -0.270. The van der Waals surface area contributed by atoms with Gasteiger partial charge in [0.2, 0.25) is 5.43 Å². The molecule has 1 fully saturated rings. The van der Waals surface area contributed by atoms with E-state index < -0.39 is 0 Å². The van der Waals surface area contributed by atoms with Gasteiger partial charge in [-0.05, 0) is 26.7 Å². The lowest BCUT2D eigenvalue weighted by Crippen LogP contribution is -2.34. The molecule has 0 radical (unpaired) electrons. The average Bonchev–Trinajstić information content (AvgIpc) is 2.94. The van der Waals surface area contributed by atoms with Gasteiger partial charge in [-0.15, -0.1) is 11.3 Å². The fourth-order valence-corrected chi connectivity index (χ4v) is 6.27. The molecule has 1 aliphatic carbocycles. The SMILES string of the molecule is CC(C)Sc1nc2c(=O)c3c(sc2n1C1CCCCC1)COC(C)(C)C3. The molecule has 0 amide bonds. The summed E-state index contributed by atoms with van der Waals surface area (Å²) in [6, 6.07) is 0.477. The second-order valence-electron chi connectivity index (χ2n) is 8.43. The maximum Gasteiger partial charge on any atom is 0.211 e. The number of rotatable bonds is 3. The monoisotopic (exact) mass is 392 g/mol. The van der Waals surface area contributed by atoms with Gasteiger partial charge in [-0.3, -0.25) is 4.79 Å². The van der Waals surface area contributed by atoms with Gasteiger partial charge in [0.25, 0.3) is 0 Å². The maximum atomic E-state index is 13.3. The molecule has 0 saturated heterocycles. The number of aromatic nitrogens is 2. The van der Waals surface area contributed by atoms with Gasteiger partial charge in [-0.25, -0.2) is 4.98 Å². The third-order valence-corrected chi connectivity index (χ3v) is 7.52. The van der Waals surface area contributed by atoms with Crippen LogP contribution in [0.15, 0.2) is 9.95 Å². The quantitative estimate of drug-likeness (QED) is 0.664. The second kappa shape index (κ2) is 6.95. The molecule has 4 rings (SSSR count). The number of thioether (sulfide) groups is 1. The zero-order valence-corrected chi connectivity index (χ0v) is 17.8. The number of nitrogens with zero attached hydrogens (tertiary/aromatic N) is 2. The highest BCUT2D eigenvalue weighted by Gasteiger charge is 2.32. The lowest BCUT2D eigenvalue weighted by atomic mass is 9.95. The summed E-state index contributed by atoms with van der Waals surface area (Å²) in [4.78, 5) is 20.3. The number of ether oxygens (including phenoxy) is 1. The Kier molecular flexibility index (Phi) is 4.95. The lowest BCUT2D eigenvalue weighted by molar-refractivity contribution is -0.0386. The Morgan fingerprint density at radius 1 is 1.27 bits per heavy atom. The van der Waals surface area contributed by atoms with Crippen molar-refractivity contribution in [2.24, 2.45) is 0 Å². The largest absolute Gasteiger partial charge is 0.370 e. The second-order valence-corrected chi connectivity index (χ2v) is 11.1. The molecule has 1 saturated carbocycles. The summed E-state index contributed by atoms with van der Waals surface area (Å²) in [6.07, 6.45) is 6.93. The molecule has 0 N–H and O–H groups in total. The first-order valence-electron chi connectivity index (χ1n) is 9.73. The normalized spacial score (nSPS) is 20.7. The van der Waals surface area contributed by atoms with Crippen molar-refractivity contribution in [3.05, 3.63) is 20.7 Å². The summed E-state index contributed by atoms with van der Waals surface area (Å²) in [5, 5.41) is 1.48. The van der Waals surface area contributed by atoms with Crippen LogP contribution in [-0.4, -0.2) is 20.4 Å². The Labute approximate surface area is 163 Å². The zero-order valence-electron chi connectivity index (χ0n) is 16.1. The number of imidazole rings is 1. The third-order valence-electron chi connectivity index (χ3n) is 5.36. The molecule has 142 valence electrons. The summed E-state index contributed by atoms with van der Waals surface area (Å²) in [5.41, 5.74) is 1.46. The van der Waals surface area contributed by atoms with E-state index in [4.69, 9.17) is 9.72 Å². The van der Waals surface area contributed by atoms with Crippen LogP contribution in [-0.2, 0) is 17.8 Å². The van der Waals surface area contributed by atoms with Crippen LogP contribution in [0.2, 0.25) is 0 Å². The van der Waals surface area contributed by atoms with Crippen molar-refractivity contribution in [2.75, 3.05) is 0 Å². The molecule has 2 aliphatic rings. The average molecular weight is 393 g/mol. The van der Waals surface area contributed by atoms with E-state index in [1.165, 1.54) is 32.1 Å². The molecule has 0 atom stereocenters. The van der Waals surface area contributed by atoms with Gasteiger partial charge in [0.15, 0.2) is 5.16 Å². The van der Waals surface area contributed by atoms with Crippen LogP contribution in [0.1, 0.15) is 76.3 Å². The molecule has 1 aliphatic heterocycles. The summed E-state index contributed by atoms with van der Waals surface area (Å²) >= 11 is 3.52. The molecule has 4 nitrogen and oxygen atoms in total. The van der Waals surface area contributed by atoms with Crippen molar-refractivity contribution in [3.63, 3.8) is 0 Å². The van der Waals surface area contributed by atoms with Gasteiger partial charge in [0, 0.05) is 28.2 Å². The topological polar surface area (TPSA) is 44.1 Å². The van der Waals surface area contributed by atoms with Gasteiger partial charge >= 0.3 is 0 Å². The smallest absolute Gasteiger partial charge is 0.211 e. The fraction of sp³-hybridized carbons (Fsp3) is 0.700. The van der Waals surface area contributed by atoms with Gasteiger partial charge in [0.05, 0.1) is 12.2 Å². The van der Waals surface area contributed by atoms with Gasteiger partial charge < -0.3 is 9.30 Å². The number of hydrogen-bond donors (Lipinski definition) is 0. The standard InChI is InChI=1S/C20H28N2O2S2/c1-12(2)25-19-21-16-17(23)14-10-20(3,4)24-11-15(14)26-18(16)22(19)13-8-6-5-7-9-13/h12-13H,5-11H2,1-4H3. The van der Waals surface area contributed by atoms with Crippen molar-refractivity contribution in [2.45, 2.75) is 94.9 Å². The van der Waals surface area contributed by atoms with Crippen molar-refractivity contribution in [1.29, 1.82) is 0 Å². The Balaban J connectivity index is 1.90. The highest BCUT2D eigenvalue weighted by molar-refractivity contribution is 7.99. The van der Waals surface area contributed by atoms with E-state index in [9.17, 15) is 4.79 Å². The molecule has 26 heavy (non-hydrogen) atoms. The van der Waals surface area contributed by atoms with E-state index in [0.29, 0.717) is 29.8 Å². The fourth-order valence-electron chi connectivity index (χ4n) is 4.08. The van der Waals surface area contributed by atoms with Crippen LogP contribution in [0.3, 0.4) is 0 Å². The van der Waals surface area contributed by atoms with Gasteiger partial charge in [-0.2, -0.15) is 0 Å². The minimum Gasteiger partial charge on any atom is -0.370 e. The summed E-state index contributed by atoms with van der Waals surface area (Å²) in [5.74, 6) is 0. The molecule has 2 aromatic rings. The van der Waals surface area contributed by atoms with E-state index in [1.807, 2.05) is 0 Å². The Hall–Kier alpha value is -0.850. The van der Waals surface area contributed by atoms with Crippen LogP contribution in [0.5, 0.6) is 0 Å². The van der Waals surface area contributed by atoms with Crippen LogP contribution in [0.4, 0.5) is 0 Å². The summed E-state index contributed by atoms with van der Waals surface area (Å²) in [7, 11) is 0. The van der Waals surface area contributed by atoms with Gasteiger partial charge in [0.1, 0.15) is 10.3 Å². The Morgan fingerprint density at radius 3 is 2.69 bits per heavy atom. The molecular weight excluding hydrogens is 364 g/mol. The van der Waals surface area contributed by atoms with Crippen molar-refractivity contribution >= 4 is 33.4 Å². The third kappa shape index (κ3) is 3.36. The summed E-state index contributed by atoms with van der Waals surface area (Å²) in [6.45, 7) is 9.05. The molecule has 0 unspecified atom stereocenters. The first-order valence-corrected chi connectivity index (χ1v) is 11.4. The van der Waals surface area contributed by atoms with Crippen molar-refractivity contribution < 1.29 is 4.74 Å². The maximum absolute atomic E-state index is 13.3. The first-order chi connectivity index (χ1) is 12.4. The predicted molar refractivity (Wildman–Crippen MR) is 110 cm³/mol. The molecule has 6 heteroatoms. The van der Waals surface area contributed by atoms with Gasteiger partial charge in [-0.1, -0.05) is 44.9 Å². The lowest BCUT2D eigenvalue weighted by Gasteiger charge is -2.31. The van der Waals surface area contributed by atoms with E-state index >= 15 is 0 Å². The predicted octanol–water partition coefficient (Wildman–Crippen LogP) is 5.32. The summed E-state index contributed by atoms with van der Waals surface area (Å²) < 4.78 is 8.38. The van der Waals surface area contributed by atoms with Crippen LogP contribution in [0.25, 0.3) is 10.3 Å². The Bertz CT molecular complexity index is 876. The number of hydrogen-bond acceptors (Lipinski definition) is 5. The van der Waals surface area contributed by atoms with Crippen LogP contribution >= 0.6 is 23.1 Å². The number of fused-ring (bicyclic) bond motifs is 2. The molecule has 3 heterocycles. The van der Waals surface area contributed by atoms with E-state index in [0.717, 1.165) is 20.4 Å². The zero-order chi connectivity index (χ0) is 18.5. The molecule has 0 bridgehead atoms. The first kappa shape index (κ1) is 18.5.